The van der Waals surface area contributed by atoms with Gasteiger partial charge in [-0.2, -0.15) is 0 Å². The van der Waals surface area contributed by atoms with Crippen molar-refractivity contribution in [3.8, 4) is 0 Å². The molecule has 0 saturated heterocycles. The van der Waals surface area contributed by atoms with Gasteiger partial charge in [0.2, 0.25) is 0 Å². The van der Waals surface area contributed by atoms with Gasteiger partial charge in [0.25, 0.3) is 5.91 Å². The number of rotatable bonds is 3. The molecule has 0 fully saturated rings. The first-order valence-electron chi connectivity index (χ1n) is 5.99. The third-order valence-electron chi connectivity index (χ3n) is 2.94. The van der Waals surface area contributed by atoms with E-state index in [4.69, 9.17) is 28.9 Å². The van der Waals surface area contributed by atoms with Crippen LogP contribution in [-0.4, -0.2) is 22.8 Å². The summed E-state index contributed by atoms with van der Waals surface area (Å²) in [6.07, 6.45) is 1.31. The van der Waals surface area contributed by atoms with Gasteiger partial charge in [0, 0.05) is 24.2 Å². The number of pyridine rings is 1. The molecular formula is C14H12Cl2FN3O. The Morgan fingerprint density at radius 3 is 2.81 bits per heavy atom. The first-order chi connectivity index (χ1) is 9.90. The Hall–Kier alpha value is -1.85. The molecule has 0 spiro atoms. The molecular weight excluding hydrogens is 316 g/mol. The number of nitrogens with zero attached hydrogens (tertiary/aromatic N) is 2. The highest BCUT2D eigenvalue weighted by molar-refractivity contribution is 6.31. The van der Waals surface area contributed by atoms with Gasteiger partial charge in [-0.3, -0.25) is 4.79 Å². The Bertz CT molecular complexity index is 674. The van der Waals surface area contributed by atoms with Crippen molar-refractivity contribution in [1.82, 2.24) is 9.88 Å². The van der Waals surface area contributed by atoms with E-state index in [1.807, 2.05) is 0 Å². The molecule has 0 bridgehead atoms. The summed E-state index contributed by atoms with van der Waals surface area (Å²) >= 11 is 11.7. The number of hydrogen-bond donors (Lipinski definition) is 1. The first-order valence-corrected chi connectivity index (χ1v) is 6.75. The molecule has 7 heteroatoms. The van der Waals surface area contributed by atoms with Crippen molar-refractivity contribution in [3.05, 3.63) is 57.6 Å². The Labute approximate surface area is 131 Å². The second kappa shape index (κ2) is 6.28. The van der Waals surface area contributed by atoms with E-state index in [-0.39, 0.29) is 33.5 Å². The summed E-state index contributed by atoms with van der Waals surface area (Å²) in [4.78, 5) is 17.4. The van der Waals surface area contributed by atoms with Gasteiger partial charge in [0.05, 0.1) is 17.4 Å². The van der Waals surface area contributed by atoms with Crippen molar-refractivity contribution in [1.29, 1.82) is 0 Å². The molecule has 2 rings (SSSR count). The summed E-state index contributed by atoms with van der Waals surface area (Å²) in [6.45, 7) is 0.0176. The Morgan fingerprint density at radius 2 is 2.14 bits per heavy atom. The van der Waals surface area contributed by atoms with Crippen molar-refractivity contribution in [3.63, 3.8) is 0 Å². The highest BCUT2D eigenvalue weighted by atomic mass is 35.5. The Kier molecular flexibility index (Phi) is 4.65. The molecule has 0 aliphatic heterocycles. The number of benzene rings is 1. The summed E-state index contributed by atoms with van der Waals surface area (Å²) in [7, 11) is 1.53. The molecule has 0 aliphatic rings. The number of nitrogens with two attached hydrogens (primary N) is 1. The first kappa shape index (κ1) is 15.5. The van der Waals surface area contributed by atoms with Gasteiger partial charge in [-0.05, 0) is 18.2 Å². The summed E-state index contributed by atoms with van der Waals surface area (Å²) in [6, 6.07) is 5.73. The van der Waals surface area contributed by atoms with E-state index in [1.165, 1.54) is 36.3 Å². The van der Waals surface area contributed by atoms with Crippen LogP contribution >= 0.6 is 23.2 Å². The van der Waals surface area contributed by atoms with E-state index in [9.17, 15) is 9.18 Å². The SMILES string of the molecule is CN(Cc1c(F)cccc1Cl)C(=O)c1cc(Cl)ncc1N. The largest absolute Gasteiger partial charge is 0.397 e. The van der Waals surface area contributed by atoms with Crippen molar-refractivity contribution in [2.45, 2.75) is 6.54 Å². The van der Waals surface area contributed by atoms with Crippen molar-refractivity contribution in [2.24, 2.45) is 0 Å². The standard InChI is InChI=1S/C14H12Cl2FN3O/c1-20(7-9-10(15)3-2-4-11(9)17)14(21)8-5-13(16)19-6-12(8)18/h2-6H,7,18H2,1H3. The van der Waals surface area contributed by atoms with Gasteiger partial charge in [-0.25, -0.2) is 9.37 Å². The molecule has 1 aromatic heterocycles. The molecule has 0 atom stereocenters. The van der Waals surface area contributed by atoms with Crippen LogP contribution in [0.25, 0.3) is 0 Å². The molecule has 4 nitrogen and oxygen atoms in total. The molecule has 0 aliphatic carbocycles. The molecule has 2 N–H and O–H groups in total. The van der Waals surface area contributed by atoms with Gasteiger partial charge < -0.3 is 10.6 Å². The fraction of sp³-hybridized carbons (Fsp3) is 0.143. The monoisotopic (exact) mass is 327 g/mol. The van der Waals surface area contributed by atoms with Crippen LogP contribution < -0.4 is 5.73 Å². The van der Waals surface area contributed by atoms with Crippen LogP contribution in [0.1, 0.15) is 15.9 Å². The lowest BCUT2D eigenvalue weighted by molar-refractivity contribution is 0.0785. The molecule has 1 amide bonds. The number of carbonyl (C=O) groups is 1. The molecule has 0 saturated carbocycles. The van der Waals surface area contributed by atoms with Gasteiger partial charge in [-0.15, -0.1) is 0 Å². The Morgan fingerprint density at radius 1 is 1.43 bits per heavy atom. The number of carbonyl (C=O) groups excluding carboxylic acids is 1. The molecule has 2 aromatic rings. The van der Waals surface area contributed by atoms with Crippen LogP contribution in [0.2, 0.25) is 10.2 Å². The van der Waals surface area contributed by atoms with E-state index in [0.717, 1.165) is 0 Å². The predicted molar refractivity (Wildman–Crippen MR) is 80.9 cm³/mol. The minimum atomic E-state index is -0.470. The lowest BCUT2D eigenvalue weighted by atomic mass is 10.1. The summed E-state index contributed by atoms with van der Waals surface area (Å²) < 4.78 is 13.7. The third kappa shape index (κ3) is 3.43. The maximum Gasteiger partial charge on any atom is 0.256 e. The van der Waals surface area contributed by atoms with Gasteiger partial charge in [0.15, 0.2) is 0 Å². The average molecular weight is 328 g/mol. The average Bonchev–Trinajstić information content (AvgIpc) is 2.44. The summed E-state index contributed by atoms with van der Waals surface area (Å²) in [5.41, 5.74) is 6.37. The zero-order valence-electron chi connectivity index (χ0n) is 11.1. The van der Waals surface area contributed by atoms with Crippen LogP contribution in [0.15, 0.2) is 30.5 Å². The highest BCUT2D eigenvalue weighted by Gasteiger charge is 2.18. The van der Waals surface area contributed by atoms with Gasteiger partial charge in [-0.1, -0.05) is 29.3 Å². The van der Waals surface area contributed by atoms with Crippen LogP contribution in [0, 0.1) is 5.82 Å². The van der Waals surface area contributed by atoms with Crippen LogP contribution in [-0.2, 0) is 6.54 Å². The number of aromatic nitrogens is 1. The number of nitrogen functional groups attached to an aromatic ring is 1. The molecule has 1 aromatic carbocycles. The molecule has 0 radical (unpaired) electrons. The Balaban J connectivity index is 2.26. The molecule has 0 unspecified atom stereocenters. The fourth-order valence-electron chi connectivity index (χ4n) is 1.82. The minimum absolute atomic E-state index is 0.0176. The third-order valence-corrected chi connectivity index (χ3v) is 3.50. The van der Waals surface area contributed by atoms with E-state index < -0.39 is 11.7 Å². The van der Waals surface area contributed by atoms with Gasteiger partial charge >= 0.3 is 0 Å². The summed E-state index contributed by atoms with van der Waals surface area (Å²) in [5, 5.41) is 0.417. The van der Waals surface area contributed by atoms with Crippen molar-refractivity contribution in [2.75, 3.05) is 12.8 Å². The lowest BCUT2D eigenvalue weighted by Gasteiger charge is -2.19. The smallest absolute Gasteiger partial charge is 0.256 e. The van der Waals surface area contributed by atoms with Crippen molar-refractivity contribution < 1.29 is 9.18 Å². The number of hydrogen-bond acceptors (Lipinski definition) is 3. The molecule has 21 heavy (non-hydrogen) atoms. The quantitative estimate of drug-likeness (QED) is 0.879. The summed E-state index contributed by atoms with van der Waals surface area (Å²) in [5.74, 6) is -0.862. The minimum Gasteiger partial charge on any atom is -0.397 e. The number of halogens is 3. The topological polar surface area (TPSA) is 59.2 Å². The second-order valence-corrected chi connectivity index (χ2v) is 5.25. The van der Waals surface area contributed by atoms with E-state index >= 15 is 0 Å². The normalized spacial score (nSPS) is 10.5. The van der Waals surface area contributed by atoms with Gasteiger partial charge in [0.1, 0.15) is 11.0 Å². The van der Waals surface area contributed by atoms with E-state index in [2.05, 4.69) is 4.98 Å². The van der Waals surface area contributed by atoms with Crippen molar-refractivity contribution >= 4 is 34.8 Å². The zero-order chi connectivity index (χ0) is 15.6. The maximum absolute atomic E-state index is 13.7. The maximum atomic E-state index is 13.7. The second-order valence-electron chi connectivity index (χ2n) is 4.46. The molecule has 110 valence electrons. The molecule has 1 heterocycles. The predicted octanol–water partition coefficient (Wildman–Crippen LogP) is 3.38. The highest BCUT2D eigenvalue weighted by Crippen LogP contribution is 2.22. The number of anilines is 1. The van der Waals surface area contributed by atoms with Crippen LogP contribution in [0.3, 0.4) is 0 Å². The zero-order valence-corrected chi connectivity index (χ0v) is 12.6. The lowest BCUT2D eigenvalue weighted by Crippen LogP contribution is -2.27. The van der Waals surface area contributed by atoms with E-state index in [0.29, 0.717) is 0 Å². The number of amides is 1. The van der Waals surface area contributed by atoms with Crippen LogP contribution in [0.4, 0.5) is 10.1 Å². The van der Waals surface area contributed by atoms with E-state index in [1.54, 1.807) is 6.07 Å². The van der Waals surface area contributed by atoms with Crippen LogP contribution in [0.5, 0.6) is 0 Å². The fourth-order valence-corrected chi connectivity index (χ4v) is 2.20.